The quantitative estimate of drug-likeness (QED) is 0.214. The van der Waals surface area contributed by atoms with E-state index < -0.39 is 43.9 Å². The summed E-state index contributed by atoms with van der Waals surface area (Å²) in [5, 5.41) is 47.0. The molecule has 50 heavy (non-hydrogen) atoms. The molecule has 4 N–H and O–H groups in total. The van der Waals surface area contributed by atoms with Gasteiger partial charge < -0.3 is 20.4 Å². The van der Waals surface area contributed by atoms with Gasteiger partial charge in [0.15, 0.2) is 0 Å². The molecule has 5 heteroatoms. The first-order valence-corrected chi connectivity index (χ1v) is 18.0. The molecule has 276 valence electrons. The molecule has 0 fully saturated rings. The van der Waals surface area contributed by atoms with E-state index in [1.807, 2.05) is 119 Å². The molecule has 0 atom stereocenters. The Labute approximate surface area is 303 Å². The molecule has 0 heterocycles. The van der Waals surface area contributed by atoms with E-state index in [0.29, 0.717) is 33.4 Å². The van der Waals surface area contributed by atoms with Crippen LogP contribution in [0.3, 0.4) is 0 Å². The van der Waals surface area contributed by atoms with Crippen LogP contribution >= 0.6 is 0 Å². The van der Waals surface area contributed by atoms with Crippen LogP contribution in [0.25, 0.3) is 0 Å². The Bertz CT molecular complexity index is 1580. The number of hydrogen-bond acceptors (Lipinski definition) is 4. The van der Waals surface area contributed by atoms with Crippen LogP contribution in [0.2, 0.25) is 0 Å². The second-order valence-electron chi connectivity index (χ2n) is 20.8. The van der Waals surface area contributed by atoms with Crippen LogP contribution in [-0.2, 0) is 49.1 Å². The molecule has 0 bridgehead atoms. The standard InChI is InChI=1S/C45H66O5/c1-39(2,3)29-19-26(20-30(35(29)46)40(4,5)6)25-45(38(49)50,27-21-31(41(7,8)9)36(47)32(22-27)42(10,11)12)28-23-33(43(13,14)15)37(48)34(24-28)44(16,17)18/h19-24,46-48H,25H2,1-18H3,(H,49,50). The van der Waals surface area contributed by atoms with E-state index in [0.717, 1.165) is 16.7 Å². The number of phenols is 3. The lowest BCUT2D eigenvalue weighted by molar-refractivity contribution is -0.142. The number of aliphatic carboxylic acids is 1. The average molecular weight is 687 g/mol. The van der Waals surface area contributed by atoms with Gasteiger partial charge in [-0.1, -0.05) is 161 Å². The summed E-state index contributed by atoms with van der Waals surface area (Å²) in [5.41, 5.74) is 1.65. The van der Waals surface area contributed by atoms with Gasteiger partial charge in [0.05, 0.1) is 0 Å². The van der Waals surface area contributed by atoms with Crippen LogP contribution in [0.4, 0.5) is 0 Å². The van der Waals surface area contributed by atoms with Gasteiger partial charge >= 0.3 is 5.97 Å². The molecule has 0 radical (unpaired) electrons. The lowest BCUT2D eigenvalue weighted by Crippen LogP contribution is -2.41. The van der Waals surface area contributed by atoms with E-state index in [1.165, 1.54) is 0 Å². The summed E-state index contributed by atoms with van der Waals surface area (Å²) in [6.07, 6.45) is 0.0741. The van der Waals surface area contributed by atoms with E-state index in [2.05, 4.69) is 41.5 Å². The van der Waals surface area contributed by atoms with Crippen molar-refractivity contribution in [3.8, 4) is 17.2 Å². The van der Waals surface area contributed by atoms with Gasteiger partial charge in [-0.15, -0.1) is 0 Å². The Balaban J connectivity index is 2.76. The summed E-state index contributed by atoms with van der Waals surface area (Å²) in [6, 6.07) is 11.5. The van der Waals surface area contributed by atoms with Gasteiger partial charge in [-0.2, -0.15) is 0 Å². The Morgan fingerprint density at radius 1 is 0.420 bits per heavy atom. The maximum Gasteiger partial charge on any atom is 0.318 e. The number of aromatic hydroxyl groups is 3. The number of carboxylic acid groups (broad SMARTS) is 1. The van der Waals surface area contributed by atoms with Gasteiger partial charge in [0.1, 0.15) is 22.7 Å². The van der Waals surface area contributed by atoms with Crippen LogP contribution in [0.1, 0.15) is 175 Å². The number of carbonyl (C=O) groups is 1. The fourth-order valence-electron chi connectivity index (χ4n) is 6.99. The third-order valence-electron chi connectivity index (χ3n) is 10.1. The topological polar surface area (TPSA) is 98.0 Å². The molecule has 3 rings (SSSR count). The predicted octanol–water partition coefficient (Wildman–Crippen LogP) is 11.2. The summed E-state index contributed by atoms with van der Waals surface area (Å²) in [6.45, 7) is 36.7. The first-order chi connectivity index (χ1) is 22.1. The highest BCUT2D eigenvalue weighted by Gasteiger charge is 2.46. The first kappa shape index (κ1) is 41.0. The second-order valence-corrected chi connectivity index (χ2v) is 20.8. The molecule has 0 aliphatic rings. The van der Waals surface area contributed by atoms with Crippen molar-refractivity contribution in [2.75, 3.05) is 0 Å². The fourth-order valence-corrected chi connectivity index (χ4v) is 6.99. The number of carboxylic acids is 1. The van der Waals surface area contributed by atoms with Gasteiger partial charge in [0, 0.05) is 0 Å². The number of hydrogen-bond donors (Lipinski definition) is 4. The number of phenolic OH excluding ortho intramolecular Hbond substituents is 3. The lowest BCUT2D eigenvalue weighted by atomic mass is 9.65. The molecular formula is C45H66O5. The minimum atomic E-state index is -1.65. The molecule has 0 saturated heterocycles. The van der Waals surface area contributed by atoms with Gasteiger partial charge in [-0.05, 0) is 89.0 Å². The molecule has 3 aromatic rings. The number of rotatable bonds is 5. The first-order valence-electron chi connectivity index (χ1n) is 18.0. The molecule has 0 amide bonds. The fraction of sp³-hybridized carbons (Fsp3) is 0.578. The average Bonchev–Trinajstić information content (AvgIpc) is 2.88. The van der Waals surface area contributed by atoms with E-state index >= 15 is 0 Å². The third-order valence-corrected chi connectivity index (χ3v) is 10.1. The van der Waals surface area contributed by atoms with Gasteiger partial charge in [0.2, 0.25) is 0 Å². The third kappa shape index (κ3) is 7.87. The second kappa shape index (κ2) is 12.6. The van der Waals surface area contributed by atoms with Gasteiger partial charge in [-0.25, -0.2) is 0 Å². The van der Waals surface area contributed by atoms with Crippen molar-refractivity contribution in [2.45, 2.75) is 169 Å². The zero-order valence-corrected chi connectivity index (χ0v) is 34.4. The highest BCUT2D eigenvalue weighted by molar-refractivity contribution is 5.88. The van der Waals surface area contributed by atoms with Crippen LogP contribution in [0.15, 0.2) is 36.4 Å². The largest absolute Gasteiger partial charge is 0.507 e. The minimum Gasteiger partial charge on any atom is -0.507 e. The maximum absolute atomic E-state index is 14.5. The number of benzene rings is 3. The highest BCUT2D eigenvalue weighted by Crippen LogP contribution is 2.50. The zero-order chi connectivity index (χ0) is 39.0. The van der Waals surface area contributed by atoms with E-state index in [-0.39, 0.29) is 23.7 Å². The summed E-state index contributed by atoms with van der Waals surface area (Å²) < 4.78 is 0. The van der Waals surface area contributed by atoms with Gasteiger partial charge in [0.25, 0.3) is 0 Å². The van der Waals surface area contributed by atoms with Crippen LogP contribution < -0.4 is 0 Å². The normalized spacial score (nSPS) is 13.9. The highest BCUT2D eigenvalue weighted by atomic mass is 16.4. The van der Waals surface area contributed by atoms with Crippen molar-refractivity contribution < 1.29 is 25.2 Å². The monoisotopic (exact) mass is 686 g/mol. The Morgan fingerprint density at radius 2 is 0.620 bits per heavy atom. The molecule has 0 aliphatic carbocycles. The summed E-state index contributed by atoms with van der Waals surface area (Å²) >= 11 is 0. The molecular weight excluding hydrogens is 620 g/mol. The smallest absolute Gasteiger partial charge is 0.318 e. The van der Waals surface area contributed by atoms with Crippen molar-refractivity contribution in [3.63, 3.8) is 0 Å². The molecule has 0 aromatic heterocycles. The van der Waals surface area contributed by atoms with Crippen molar-refractivity contribution >= 4 is 5.97 Å². The maximum atomic E-state index is 14.5. The Hall–Kier alpha value is -3.47. The van der Waals surface area contributed by atoms with E-state index in [4.69, 9.17) is 0 Å². The SMILES string of the molecule is CC(C)(C)c1cc(CC(C(=O)O)(c2cc(C(C)(C)C)c(O)c(C(C)(C)C)c2)c2cc(C(C)(C)C)c(O)c(C(C)(C)C)c2)cc(C(C)(C)C)c1O. The summed E-state index contributed by atoms with van der Waals surface area (Å²) in [5.74, 6) is -0.437. The van der Waals surface area contributed by atoms with E-state index in [1.54, 1.807) is 0 Å². The molecule has 0 unspecified atom stereocenters. The molecule has 0 spiro atoms. The predicted molar refractivity (Wildman–Crippen MR) is 209 cm³/mol. The zero-order valence-electron chi connectivity index (χ0n) is 34.4. The molecule has 0 aliphatic heterocycles. The van der Waals surface area contributed by atoms with Crippen LogP contribution in [0.5, 0.6) is 17.2 Å². The molecule has 5 nitrogen and oxygen atoms in total. The minimum absolute atomic E-state index is 0.0741. The lowest BCUT2D eigenvalue weighted by Gasteiger charge is -2.38. The Morgan fingerprint density at radius 3 is 0.800 bits per heavy atom. The Kier molecular flexibility index (Phi) is 10.3. The van der Waals surface area contributed by atoms with E-state index in [9.17, 15) is 25.2 Å². The van der Waals surface area contributed by atoms with Crippen LogP contribution in [0, 0.1) is 0 Å². The van der Waals surface area contributed by atoms with Crippen molar-refractivity contribution in [1.29, 1.82) is 0 Å². The van der Waals surface area contributed by atoms with Crippen molar-refractivity contribution in [2.24, 2.45) is 0 Å². The van der Waals surface area contributed by atoms with Crippen LogP contribution in [-0.4, -0.2) is 26.4 Å². The molecule has 3 aromatic carbocycles. The summed E-state index contributed by atoms with van der Waals surface area (Å²) in [4.78, 5) is 14.5. The summed E-state index contributed by atoms with van der Waals surface area (Å²) in [7, 11) is 0. The van der Waals surface area contributed by atoms with Gasteiger partial charge in [-0.3, -0.25) is 4.79 Å². The van der Waals surface area contributed by atoms with Crippen molar-refractivity contribution in [1.82, 2.24) is 0 Å². The van der Waals surface area contributed by atoms with Crippen molar-refractivity contribution in [3.05, 3.63) is 86.5 Å². The molecule has 0 saturated carbocycles.